The molecule has 1 atom stereocenters. The first kappa shape index (κ1) is 19.7. The number of methoxy groups -OCH3 is 1. The zero-order valence-electron chi connectivity index (χ0n) is 15.5. The van der Waals surface area contributed by atoms with Crippen molar-refractivity contribution < 1.29 is 14.3 Å². The number of amides is 1. The zero-order valence-corrected chi connectivity index (χ0v) is 16.2. The van der Waals surface area contributed by atoms with Crippen LogP contribution >= 0.6 is 11.6 Å². The fourth-order valence-electron chi connectivity index (χ4n) is 3.22. The fourth-order valence-corrected chi connectivity index (χ4v) is 3.49. The molecule has 1 N–H and O–H groups in total. The largest absolute Gasteiger partial charge is 0.494 e. The second-order valence-electron chi connectivity index (χ2n) is 6.46. The first-order valence-electron chi connectivity index (χ1n) is 9.18. The molecule has 0 spiro atoms. The Morgan fingerprint density at radius 2 is 1.96 bits per heavy atom. The Hall–Kier alpha value is -2.08. The maximum absolute atomic E-state index is 13.1. The Kier molecular flexibility index (Phi) is 7.10. The molecule has 27 heavy (non-hydrogen) atoms. The maximum atomic E-state index is 13.1. The molecule has 0 saturated carbocycles. The number of halogens is 1. The molecule has 2 aromatic carbocycles. The van der Waals surface area contributed by atoms with Crippen molar-refractivity contribution in [3.8, 4) is 5.75 Å². The molecular weight excluding hydrogens is 364 g/mol. The summed E-state index contributed by atoms with van der Waals surface area (Å²) in [5.74, 6) is 0.762. The molecule has 144 valence electrons. The molecule has 1 amide bonds. The van der Waals surface area contributed by atoms with Crippen LogP contribution in [0.4, 0.5) is 0 Å². The number of nitrogens with zero attached hydrogens (tertiary/aromatic N) is 1. The van der Waals surface area contributed by atoms with E-state index < -0.39 is 0 Å². The normalized spacial score (nSPS) is 17.0. The highest BCUT2D eigenvalue weighted by molar-refractivity contribution is 6.31. The smallest absolute Gasteiger partial charge is 0.254 e. The molecule has 1 fully saturated rings. The van der Waals surface area contributed by atoms with Gasteiger partial charge in [0.2, 0.25) is 0 Å². The van der Waals surface area contributed by atoms with E-state index in [2.05, 4.69) is 5.32 Å². The Bertz CT molecular complexity index is 751. The van der Waals surface area contributed by atoms with Gasteiger partial charge in [-0.25, -0.2) is 0 Å². The lowest BCUT2D eigenvalue weighted by Gasteiger charge is -2.37. The monoisotopic (exact) mass is 388 g/mol. The number of nitrogens with one attached hydrogen (secondary N) is 1. The van der Waals surface area contributed by atoms with Gasteiger partial charge in [0.15, 0.2) is 0 Å². The number of ether oxygens (including phenoxy) is 2. The van der Waals surface area contributed by atoms with E-state index in [9.17, 15) is 4.79 Å². The molecule has 1 saturated heterocycles. The van der Waals surface area contributed by atoms with Crippen LogP contribution in [0.5, 0.6) is 5.75 Å². The molecule has 1 unspecified atom stereocenters. The third kappa shape index (κ3) is 5.01. The van der Waals surface area contributed by atoms with Crippen molar-refractivity contribution in [2.75, 3.05) is 40.0 Å². The van der Waals surface area contributed by atoms with Crippen LogP contribution in [-0.2, 0) is 4.74 Å². The van der Waals surface area contributed by atoms with E-state index in [-0.39, 0.29) is 11.9 Å². The Morgan fingerprint density at radius 3 is 2.70 bits per heavy atom. The molecule has 0 aromatic heterocycles. The van der Waals surface area contributed by atoms with E-state index in [4.69, 9.17) is 21.1 Å². The van der Waals surface area contributed by atoms with Gasteiger partial charge < -0.3 is 19.7 Å². The van der Waals surface area contributed by atoms with E-state index in [1.807, 2.05) is 53.4 Å². The lowest BCUT2D eigenvalue weighted by molar-refractivity contribution is 0.0634. The van der Waals surface area contributed by atoms with E-state index in [0.29, 0.717) is 36.9 Å². The minimum absolute atomic E-state index is 0.00681. The molecule has 6 heteroatoms. The number of rotatable bonds is 7. The van der Waals surface area contributed by atoms with E-state index >= 15 is 0 Å². The summed E-state index contributed by atoms with van der Waals surface area (Å²) < 4.78 is 10.7. The Balaban J connectivity index is 1.70. The number of hydrogen-bond donors (Lipinski definition) is 1. The summed E-state index contributed by atoms with van der Waals surface area (Å²) in [6, 6.07) is 14.9. The standard InChI is InChI=1S/C21H25ClN2O3/c1-26-13-4-14-27-17-9-7-16(8-10-17)21(25)24-12-11-23-15-20(24)18-5-2-3-6-19(18)22/h2-3,5-10,20,23H,4,11-15H2,1H3. The van der Waals surface area contributed by atoms with E-state index in [1.165, 1.54) is 0 Å². The predicted molar refractivity (Wildman–Crippen MR) is 107 cm³/mol. The van der Waals surface area contributed by atoms with Gasteiger partial charge in [0.05, 0.1) is 12.6 Å². The first-order chi connectivity index (χ1) is 13.2. The highest BCUT2D eigenvalue weighted by Crippen LogP contribution is 2.29. The summed E-state index contributed by atoms with van der Waals surface area (Å²) >= 11 is 6.37. The second-order valence-corrected chi connectivity index (χ2v) is 6.87. The first-order valence-corrected chi connectivity index (χ1v) is 9.56. The summed E-state index contributed by atoms with van der Waals surface area (Å²) in [5, 5.41) is 4.04. The van der Waals surface area contributed by atoms with Gasteiger partial charge in [-0.15, -0.1) is 0 Å². The van der Waals surface area contributed by atoms with Crippen LogP contribution in [0.15, 0.2) is 48.5 Å². The third-order valence-corrected chi connectivity index (χ3v) is 4.98. The molecule has 2 aromatic rings. The number of carbonyl (C=O) groups is 1. The molecule has 0 radical (unpaired) electrons. The second kappa shape index (κ2) is 9.74. The van der Waals surface area contributed by atoms with Crippen LogP contribution < -0.4 is 10.1 Å². The van der Waals surface area contributed by atoms with E-state index in [1.54, 1.807) is 7.11 Å². The molecule has 0 bridgehead atoms. The lowest BCUT2D eigenvalue weighted by atomic mass is 10.0. The van der Waals surface area contributed by atoms with Crippen LogP contribution in [0.1, 0.15) is 28.4 Å². The quantitative estimate of drug-likeness (QED) is 0.737. The van der Waals surface area contributed by atoms with Crippen LogP contribution in [0.2, 0.25) is 5.02 Å². The zero-order chi connectivity index (χ0) is 19.1. The average Bonchev–Trinajstić information content (AvgIpc) is 2.72. The minimum Gasteiger partial charge on any atom is -0.494 e. The highest BCUT2D eigenvalue weighted by atomic mass is 35.5. The van der Waals surface area contributed by atoms with Gasteiger partial charge in [-0.1, -0.05) is 29.8 Å². The van der Waals surface area contributed by atoms with Gasteiger partial charge in [-0.2, -0.15) is 0 Å². The molecule has 1 heterocycles. The third-order valence-electron chi connectivity index (χ3n) is 4.63. The SMILES string of the molecule is COCCCOc1ccc(C(=O)N2CCNCC2c2ccccc2Cl)cc1. The molecule has 5 nitrogen and oxygen atoms in total. The summed E-state index contributed by atoms with van der Waals surface area (Å²) in [7, 11) is 1.67. The lowest BCUT2D eigenvalue weighted by Crippen LogP contribution is -2.48. The van der Waals surface area contributed by atoms with Crippen molar-refractivity contribution in [3.05, 3.63) is 64.7 Å². The van der Waals surface area contributed by atoms with Gasteiger partial charge in [0.25, 0.3) is 5.91 Å². The summed E-state index contributed by atoms with van der Waals surface area (Å²) in [5.41, 5.74) is 1.62. The van der Waals surface area contributed by atoms with Crippen molar-refractivity contribution in [2.24, 2.45) is 0 Å². The van der Waals surface area contributed by atoms with Crippen LogP contribution in [0, 0.1) is 0 Å². The number of piperazine rings is 1. The molecule has 3 rings (SSSR count). The van der Waals surface area contributed by atoms with Gasteiger partial charge in [-0.05, 0) is 35.9 Å². The minimum atomic E-state index is -0.0788. The van der Waals surface area contributed by atoms with Crippen molar-refractivity contribution in [1.82, 2.24) is 10.2 Å². The highest BCUT2D eigenvalue weighted by Gasteiger charge is 2.29. The number of carbonyl (C=O) groups excluding carboxylic acids is 1. The predicted octanol–water partition coefficient (Wildman–Crippen LogP) is 3.54. The topological polar surface area (TPSA) is 50.8 Å². The number of hydrogen-bond acceptors (Lipinski definition) is 4. The Morgan fingerprint density at radius 1 is 1.19 bits per heavy atom. The maximum Gasteiger partial charge on any atom is 0.254 e. The summed E-state index contributed by atoms with van der Waals surface area (Å²) in [6.45, 7) is 3.37. The van der Waals surface area contributed by atoms with Gasteiger partial charge in [0, 0.05) is 50.4 Å². The van der Waals surface area contributed by atoms with Crippen LogP contribution in [0.3, 0.4) is 0 Å². The molecule has 1 aliphatic heterocycles. The molecule has 1 aliphatic rings. The van der Waals surface area contributed by atoms with Gasteiger partial charge in [-0.3, -0.25) is 4.79 Å². The van der Waals surface area contributed by atoms with Crippen molar-refractivity contribution in [3.63, 3.8) is 0 Å². The summed E-state index contributed by atoms with van der Waals surface area (Å²) in [6.07, 6.45) is 0.831. The van der Waals surface area contributed by atoms with Crippen LogP contribution in [0.25, 0.3) is 0 Å². The van der Waals surface area contributed by atoms with Crippen LogP contribution in [-0.4, -0.2) is 50.8 Å². The number of benzene rings is 2. The van der Waals surface area contributed by atoms with Crippen molar-refractivity contribution in [2.45, 2.75) is 12.5 Å². The van der Waals surface area contributed by atoms with Gasteiger partial charge >= 0.3 is 0 Å². The van der Waals surface area contributed by atoms with Crippen molar-refractivity contribution in [1.29, 1.82) is 0 Å². The Labute approximate surface area is 165 Å². The average molecular weight is 389 g/mol. The molecular formula is C21H25ClN2O3. The van der Waals surface area contributed by atoms with Crippen molar-refractivity contribution >= 4 is 17.5 Å². The molecule has 0 aliphatic carbocycles. The summed E-state index contributed by atoms with van der Waals surface area (Å²) in [4.78, 5) is 15.0. The van der Waals surface area contributed by atoms with Gasteiger partial charge in [0.1, 0.15) is 5.75 Å². The fraction of sp³-hybridized carbons (Fsp3) is 0.381. The van der Waals surface area contributed by atoms with E-state index in [0.717, 1.165) is 24.3 Å².